The first-order valence-corrected chi connectivity index (χ1v) is 7.57. The highest BCUT2D eigenvalue weighted by atomic mass is 16.5. The molecule has 1 saturated carbocycles. The maximum Gasteiger partial charge on any atom is 0.163 e. The molecule has 1 aliphatic carbocycles. The van der Waals surface area contributed by atoms with Gasteiger partial charge in [-0.1, -0.05) is 24.3 Å². The van der Waals surface area contributed by atoms with Crippen LogP contribution in [0.1, 0.15) is 35.4 Å². The summed E-state index contributed by atoms with van der Waals surface area (Å²) in [7, 11) is 1.94. The molecule has 1 aliphatic rings. The van der Waals surface area contributed by atoms with E-state index in [0.717, 1.165) is 29.7 Å². The van der Waals surface area contributed by atoms with Gasteiger partial charge in [0.15, 0.2) is 5.75 Å². The Morgan fingerprint density at radius 3 is 2.71 bits per heavy atom. The Kier molecular flexibility index (Phi) is 3.97. The number of rotatable bonds is 6. The van der Waals surface area contributed by atoms with E-state index in [9.17, 15) is 0 Å². The van der Waals surface area contributed by atoms with Crippen LogP contribution >= 0.6 is 0 Å². The first-order chi connectivity index (χ1) is 10.1. The summed E-state index contributed by atoms with van der Waals surface area (Å²) < 4.78 is 7.83. The maximum absolute atomic E-state index is 5.96. The second-order valence-corrected chi connectivity index (χ2v) is 5.89. The minimum Gasteiger partial charge on any atom is -0.485 e. The molecule has 0 atom stereocenters. The molecule has 3 rings (SSSR count). The van der Waals surface area contributed by atoms with E-state index in [4.69, 9.17) is 4.74 Å². The molecule has 1 N–H and O–H groups in total. The van der Waals surface area contributed by atoms with Crippen LogP contribution < -0.4 is 10.1 Å². The Bertz CT molecular complexity index is 629. The number of aryl methyl sites for hydroxylation is 2. The van der Waals surface area contributed by atoms with Gasteiger partial charge in [0.05, 0.1) is 5.69 Å². The van der Waals surface area contributed by atoms with Crippen molar-refractivity contribution in [2.45, 2.75) is 45.9 Å². The Morgan fingerprint density at radius 1 is 1.29 bits per heavy atom. The number of hydrogen-bond donors (Lipinski definition) is 1. The molecule has 21 heavy (non-hydrogen) atoms. The third-order valence-electron chi connectivity index (χ3n) is 3.99. The highest BCUT2D eigenvalue weighted by Gasteiger charge is 2.19. The number of nitrogens with one attached hydrogen (secondary N) is 1. The lowest BCUT2D eigenvalue weighted by atomic mass is 10.1. The Morgan fingerprint density at radius 2 is 2.05 bits per heavy atom. The lowest BCUT2D eigenvalue weighted by Gasteiger charge is -2.09. The van der Waals surface area contributed by atoms with Crippen LogP contribution in [-0.2, 0) is 20.2 Å². The average Bonchev–Trinajstić information content (AvgIpc) is 3.26. The highest BCUT2D eigenvalue weighted by Crippen LogP contribution is 2.23. The topological polar surface area (TPSA) is 39.1 Å². The van der Waals surface area contributed by atoms with Crippen molar-refractivity contribution >= 4 is 0 Å². The Hall–Kier alpha value is -1.81. The molecule has 0 amide bonds. The molecular weight excluding hydrogens is 262 g/mol. The molecule has 0 unspecified atom stereocenters. The van der Waals surface area contributed by atoms with Crippen molar-refractivity contribution in [1.29, 1.82) is 0 Å². The average molecular weight is 285 g/mol. The van der Waals surface area contributed by atoms with E-state index in [0.29, 0.717) is 6.61 Å². The summed E-state index contributed by atoms with van der Waals surface area (Å²) in [4.78, 5) is 0. The molecule has 0 aliphatic heterocycles. The van der Waals surface area contributed by atoms with Gasteiger partial charge < -0.3 is 10.1 Å². The summed E-state index contributed by atoms with van der Waals surface area (Å²) in [5, 5.41) is 7.92. The predicted molar refractivity (Wildman–Crippen MR) is 83.3 cm³/mol. The predicted octanol–water partition coefficient (Wildman–Crippen LogP) is 2.87. The van der Waals surface area contributed by atoms with Crippen molar-refractivity contribution in [3.8, 4) is 5.75 Å². The number of nitrogens with zero attached hydrogens (tertiary/aromatic N) is 2. The fraction of sp³-hybridized carbons (Fsp3) is 0.471. The van der Waals surface area contributed by atoms with Gasteiger partial charge in [-0.3, -0.25) is 4.68 Å². The van der Waals surface area contributed by atoms with E-state index in [2.05, 4.69) is 34.7 Å². The van der Waals surface area contributed by atoms with Gasteiger partial charge in [-0.15, -0.1) is 0 Å². The van der Waals surface area contributed by atoms with Crippen molar-refractivity contribution in [1.82, 2.24) is 15.1 Å². The molecule has 0 spiro atoms. The molecule has 2 aromatic rings. The second kappa shape index (κ2) is 5.90. The van der Waals surface area contributed by atoms with Gasteiger partial charge in [0.25, 0.3) is 0 Å². The SMILES string of the molecule is Cc1nn(C)c(C)c1OCc1cccc(CNC2CC2)c1. The molecule has 1 heterocycles. The molecule has 1 fully saturated rings. The van der Waals surface area contributed by atoms with Crippen molar-refractivity contribution in [3.05, 3.63) is 46.8 Å². The third-order valence-corrected chi connectivity index (χ3v) is 3.99. The van der Waals surface area contributed by atoms with Gasteiger partial charge in [-0.05, 0) is 37.8 Å². The van der Waals surface area contributed by atoms with Gasteiger partial charge >= 0.3 is 0 Å². The lowest BCUT2D eigenvalue weighted by Crippen LogP contribution is -2.15. The van der Waals surface area contributed by atoms with Gasteiger partial charge in [-0.25, -0.2) is 0 Å². The molecule has 112 valence electrons. The molecule has 4 nitrogen and oxygen atoms in total. The van der Waals surface area contributed by atoms with E-state index < -0.39 is 0 Å². The lowest BCUT2D eigenvalue weighted by molar-refractivity contribution is 0.301. The van der Waals surface area contributed by atoms with Crippen LogP contribution in [0.4, 0.5) is 0 Å². The minimum atomic E-state index is 0.588. The minimum absolute atomic E-state index is 0.588. The number of aromatic nitrogens is 2. The molecule has 0 saturated heterocycles. The van der Waals surface area contributed by atoms with Gasteiger partial charge in [0.1, 0.15) is 12.3 Å². The number of benzene rings is 1. The second-order valence-electron chi connectivity index (χ2n) is 5.89. The fourth-order valence-corrected chi connectivity index (χ4v) is 2.50. The zero-order valence-corrected chi connectivity index (χ0v) is 13.0. The van der Waals surface area contributed by atoms with E-state index in [1.807, 2.05) is 25.6 Å². The first kappa shape index (κ1) is 14.1. The van der Waals surface area contributed by atoms with E-state index in [-0.39, 0.29) is 0 Å². The third kappa shape index (κ3) is 3.45. The quantitative estimate of drug-likeness (QED) is 0.887. The zero-order valence-electron chi connectivity index (χ0n) is 13.0. The summed E-state index contributed by atoms with van der Waals surface area (Å²) in [6.45, 7) is 5.55. The molecule has 4 heteroatoms. The number of hydrogen-bond acceptors (Lipinski definition) is 3. The largest absolute Gasteiger partial charge is 0.485 e. The first-order valence-electron chi connectivity index (χ1n) is 7.57. The van der Waals surface area contributed by atoms with Crippen LogP contribution in [0, 0.1) is 13.8 Å². The van der Waals surface area contributed by atoms with Gasteiger partial charge in [-0.2, -0.15) is 5.10 Å². The van der Waals surface area contributed by atoms with Crippen LogP contribution in [0.3, 0.4) is 0 Å². The monoisotopic (exact) mass is 285 g/mol. The summed E-state index contributed by atoms with van der Waals surface area (Å²) in [5.74, 6) is 0.902. The molecule has 1 aromatic heterocycles. The van der Waals surface area contributed by atoms with Crippen molar-refractivity contribution in [2.75, 3.05) is 0 Å². The number of ether oxygens (including phenoxy) is 1. The summed E-state index contributed by atoms with van der Waals surface area (Å²) in [6, 6.07) is 9.34. The van der Waals surface area contributed by atoms with Crippen molar-refractivity contribution in [2.24, 2.45) is 7.05 Å². The molecule has 0 bridgehead atoms. The van der Waals surface area contributed by atoms with Gasteiger partial charge in [0, 0.05) is 19.6 Å². The van der Waals surface area contributed by atoms with Crippen LogP contribution in [0.25, 0.3) is 0 Å². The van der Waals surface area contributed by atoms with E-state index in [1.54, 1.807) is 0 Å². The normalized spacial score (nSPS) is 14.4. The van der Waals surface area contributed by atoms with Crippen LogP contribution in [0.5, 0.6) is 5.75 Å². The summed E-state index contributed by atoms with van der Waals surface area (Å²) in [5.41, 5.74) is 4.54. The Balaban J connectivity index is 1.62. The molecule has 1 aromatic carbocycles. The van der Waals surface area contributed by atoms with Crippen LogP contribution in [-0.4, -0.2) is 15.8 Å². The fourth-order valence-electron chi connectivity index (χ4n) is 2.50. The Labute approximate surface area is 126 Å². The summed E-state index contributed by atoms with van der Waals surface area (Å²) >= 11 is 0. The van der Waals surface area contributed by atoms with Gasteiger partial charge in [0.2, 0.25) is 0 Å². The summed E-state index contributed by atoms with van der Waals surface area (Å²) in [6.07, 6.45) is 2.64. The maximum atomic E-state index is 5.96. The highest BCUT2D eigenvalue weighted by molar-refractivity contribution is 5.32. The van der Waals surface area contributed by atoms with Crippen LogP contribution in [0.2, 0.25) is 0 Å². The van der Waals surface area contributed by atoms with Crippen LogP contribution in [0.15, 0.2) is 24.3 Å². The van der Waals surface area contributed by atoms with Crippen molar-refractivity contribution in [3.63, 3.8) is 0 Å². The van der Waals surface area contributed by atoms with E-state index in [1.165, 1.54) is 24.0 Å². The van der Waals surface area contributed by atoms with Crippen molar-refractivity contribution < 1.29 is 4.74 Å². The molecule has 0 radical (unpaired) electrons. The van der Waals surface area contributed by atoms with E-state index >= 15 is 0 Å². The standard InChI is InChI=1S/C17H23N3O/c1-12-17(13(2)20(3)19-12)21-11-15-6-4-5-14(9-15)10-18-16-7-8-16/h4-6,9,16,18H,7-8,10-11H2,1-3H3. The molecular formula is C17H23N3O. The zero-order chi connectivity index (χ0) is 14.8. The smallest absolute Gasteiger partial charge is 0.163 e.